The molecule has 0 bridgehead atoms. The van der Waals surface area contributed by atoms with Crippen molar-refractivity contribution in [1.82, 2.24) is 0 Å². The predicted molar refractivity (Wildman–Crippen MR) is 62.6 cm³/mol. The summed E-state index contributed by atoms with van der Waals surface area (Å²) in [5.74, 6) is -6.39. The maximum absolute atomic E-state index is 13.7. The lowest BCUT2D eigenvalue weighted by atomic mass is 10.0. The molecule has 0 saturated carbocycles. The molecular formula is C11H11BrF3NO2. The van der Waals surface area contributed by atoms with Gasteiger partial charge in [-0.05, 0) is 34.5 Å². The maximum atomic E-state index is 13.7. The molecule has 0 saturated heterocycles. The molecule has 0 aliphatic carbocycles. The second kappa shape index (κ2) is 5.71. The zero-order chi connectivity index (χ0) is 13.9. The first-order valence-corrected chi connectivity index (χ1v) is 5.86. The largest absolute Gasteiger partial charge is 0.462 e. The Hall–Kier alpha value is -1.08. The summed E-state index contributed by atoms with van der Waals surface area (Å²) in [5.41, 5.74) is 5.13. The predicted octanol–water partition coefficient (Wildman–Crippen LogP) is 2.79. The Morgan fingerprint density at radius 1 is 1.56 bits per heavy atom. The first-order chi connectivity index (χ1) is 8.32. The van der Waals surface area contributed by atoms with Crippen molar-refractivity contribution in [3.63, 3.8) is 0 Å². The van der Waals surface area contributed by atoms with Gasteiger partial charge in [0.15, 0.2) is 0 Å². The first kappa shape index (κ1) is 15.0. The van der Waals surface area contributed by atoms with E-state index < -0.39 is 23.8 Å². The summed E-state index contributed by atoms with van der Waals surface area (Å²) in [6, 6.07) is 1.55. The second-order valence-electron chi connectivity index (χ2n) is 3.46. The van der Waals surface area contributed by atoms with Gasteiger partial charge in [0, 0.05) is 0 Å². The summed E-state index contributed by atoms with van der Waals surface area (Å²) in [6.07, 6.45) is 0. The van der Waals surface area contributed by atoms with E-state index in [0.717, 1.165) is 6.07 Å². The fourth-order valence-corrected chi connectivity index (χ4v) is 1.82. The van der Waals surface area contributed by atoms with Gasteiger partial charge < -0.3 is 10.5 Å². The molecule has 1 aromatic rings. The highest BCUT2D eigenvalue weighted by molar-refractivity contribution is 9.10. The standard InChI is InChI=1S/C11H11BrF3NO2/c1-2-18-10(17)11(14,15)9(16)6-4-3-5-7(13)8(6)12/h3-5,9H,2,16H2,1H3/t9-/m1/s1. The fourth-order valence-electron chi connectivity index (χ4n) is 1.31. The molecule has 0 spiro atoms. The van der Waals surface area contributed by atoms with Gasteiger partial charge in [0.2, 0.25) is 0 Å². The first-order valence-electron chi connectivity index (χ1n) is 5.06. The number of carbonyl (C=O) groups is 1. The highest BCUT2D eigenvalue weighted by atomic mass is 79.9. The van der Waals surface area contributed by atoms with Crippen molar-refractivity contribution in [1.29, 1.82) is 0 Å². The van der Waals surface area contributed by atoms with E-state index in [-0.39, 0.29) is 16.6 Å². The van der Waals surface area contributed by atoms with Gasteiger partial charge in [0.05, 0.1) is 11.1 Å². The molecule has 18 heavy (non-hydrogen) atoms. The van der Waals surface area contributed by atoms with Gasteiger partial charge in [-0.1, -0.05) is 12.1 Å². The van der Waals surface area contributed by atoms with Crippen LogP contribution in [0.2, 0.25) is 0 Å². The quantitative estimate of drug-likeness (QED) is 0.866. The molecule has 0 heterocycles. The van der Waals surface area contributed by atoms with Gasteiger partial charge in [0.25, 0.3) is 0 Å². The SMILES string of the molecule is CCOC(=O)C(F)(F)[C@H](N)c1cccc(F)c1Br. The van der Waals surface area contributed by atoms with Crippen LogP contribution in [-0.2, 0) is 9.53 Å². The number of ether oxygens (including phenoxy) is 1. The average molecular weight is 326 g/mol. The van der Waals surface area contributed by atoms with Crippen LogP contribution in [0.5, 0.6) is 0 Å². The van der Waals surface area contributed by atoms with Crippen LogP contribution in [0, 0.1) is 5.82 Å². The molecule has 0 aliphatic heterocycles. The van der Waals surface area contributed by atoms with Gasteiger partial charge >= 0.3 is 11.9 Å². The van der Waals surface area contributed by atoms with E-state index in [4.69, 9.17) is 5.73 Å². The van der Waals surface area contributed by atoms with Crippen molar-refractivity contribution in [3.05, 3.63) is 34.1 Å². The molecular weight excluding hydrogens is 315 g/mol. The second-order valence-corrected chi connectivity index (χ2v) is 4.26. The normalized spacial score (nSPS) is 13.2. The number of esters is 1. The van der Waals surface area contributed by atoms with Crippen molar-refractivity contribution in [2.45, 2.75) is 18.9 Å². The molecule has 0 fully saturated rings. The van der Waals surface area contributed by atoms with Crippen molar-refractivity contribution >= 4 is 21.9 Å². The molecule has 2 N–H and O–H groups in total. The minimum Gasteiger partial charge on any atom is -0.462 e. The number of hydrogen-bond acceptors (Lipinski definition) is 3. The summed E-state index contributed by atoms with van der Waals surface area (Å²) < 4.78 is 44.6. The minimum atomic E-state index is -3.92. The van der Waals surface area contributed by atoms with Crippen LogP contribution < -0.4 is 5.73 Å². The van der Waals surface area contributed by atoms with E-state index in [0.29, 0.717) is 0 Å². The third-order valence-electron chi connectivity index (χ3n) is 2.25. The van der Waals surface area contributed by atoms with Gasteiger partial charge in [-0.15, -0.1) is 0 Å². The Bertz CT molecular complexity index is 454. The number of halogens is 4. The van der Waals surface area contributed by atoms with Crippen molar-refractivity contribution in [2.75, 3.05) is 6.61 Å². The third kappa shape index (κ3) is 2.84. The molecule has 0 radical (unpaired) electrons. The molecule has 3 nitrogen and oxygen atoms in total. The zero-order valence-electron chi connectivity index (χ0n) is 9.42. The van der Waals surface area contributed by atoms with E-state index in [2.05, 4.69) is 20.7 Å². The summed E-state index contributed by atoms with van der Waals surface area (Å²) in [5, 5.41) is 0. The van der Waals surface area contributed by atoms with Crippen LogP contribution in [0.3, 0.4) is 0 Å². The number of alkyl halides is 2. The molecule has 0 amide bonds. The number of rotatable bonds is 4. The van der Waals surface area contributed by atoms with Gasteiger partial charge in [0.1, 0.15) is 11.9 Å². The molecule has 1 atom stereocenters. The Labute approximate surface area is 110 Å². The van der Waals surface area contributed by atoms with Crippen LogP contribution in [0.1, 0.15) is 18.5 Å². The maximum Gasteiger partial charge on any atom is 0.379 e. The highest BCUT2D eigenvalue weighted by Gasteiger charge is 2.48. The van der Waals surface area contributed by atoms with Gasteiger partial charge in [-0.3, -0.25) is 0 Å². The zero-order valence-corrected chi connectivity index (χ0v) is 11.0. The fraction of sp³-hybridized carbons (Fsp3) is 0.364. The van der Waals surface area contributed by atoms with E-state index in [1.54, 1.807) is 0 Å². The summed E-state index contributed by atoms with van der Waals surface area (Å²) >= 11 is 2.82. The molecule has 1 aromatic carbocycles. The minimum absolute atomic E-state index is 0.189. The van der Waals surface area contributed by atoms with Crippen LogP contribution in [0.25, 0.3) is 0 Å². The smallest absolute Gasteiger partial charge is 0.379 e. The van der Waals surface area contributed by atoms with Crippen molar-refractivity contribution < 1.29 is 22.7 Å². The van der Waals surface area contributed by atoms with Crippen molar-refractivity contribution in [2.24, 2.45) is 5.73 Å². The third-order valence-corrected chi connectivity index (χ3v) is 3.09. The van der Waals surface area contributed by atoms with Crippen LogP contribution >= 0.6 is 15.9 Å². The number of nitrogens with two attached hydrogens (primary N) is 1. The summed E-state index contributed by atoms with van der Waals surface area (Å²) in [6.45, 7) is 1.21. The van der Waals surface area contributed by atoms with Gasteiger partial charge in [-0.2, -0.15) is 8.78 Å². The Kier molecular flexibility index (Phi) is 4.75. The van der Waals surface area contributed by atoms with Gasteiger partial charge in [-0.25, -0.2) is 9.18 Å². The summed E-state index contributed by atoms with van der Waals surface area (Å²) in [4.78, 5) is 11.1. The Balaban J connectivity index is 3.09. The number of benzene rings is 1. The molecule has 7 heteroatoms. The lowest BCUT2D eigenvalue weighted by molar-refractivity contribution is -0.174. The number of hydrogen-bond donors (Lipinski definition) is 1. The van der Waals surface area contributed by atoms with Crippen LogP contribution in [-0.4, -0.2) is 18.5 Å². The highest BCUT2D eigenvalue weighted by Crippen LogP contribution is 2.35. The Morgan fingerprint density at radius 2 is 2.17 bits per heavy atom. The monoisotopic (exact) mass is 325 g/mol. The van der Waals surface area contributed by atoms with E-state index >= 15 is 0 Å². The lowest BCUT2D eigenvalue weighted by Crippen LogP contribution is -2.42. The van der Waals surface area contributed by atoms with Crippen LogP contribution in [0.15, 0.2) is 22.7 Å². The van der Waals surface area contributed by atoms with Crippen LogP contribution in [0.4, 0.5) is 13.2 Å². The van der Waals surface area contributed by atoms with E-state index in [1.807, 2.05) is 0 Å². The molecule has 100 valence electrons. The molecule has 0 aliphatic rings. The molecule has 1 rings (SSSR count). The van der Waals surface area contributed by atoms with E-state index in [9.17, 15) is 18.0 Å². The van der Waals surface area contributed by atoms with Crippen molar-refractivity contribution in [3.8, 4) is 0 Å². The summed E-state index contributed by atoms with van der Waals surface area (Å²) in [7, 11) is 0. The number of carbonyl (C=O) groups excluding carboxylic acids is 1. The van der Waals surface area contributed by atoms with E-state index in [1.165, 1.54) is 19.1 Å². The topological polar surface area (TPSA) is 52.3 Å². The lowest BCUT2D eigenvalue weighted by Gasteiger charge is -2.22. The molecule has 0 aromatic heterocycles. The molecule has 0 unspecified atom stereocenters. The Morgan fingerprint density at radius 3 is 2.72 bits per heavy atom. The average Bonchev–Trinajstić information content (AvgIpc) is 2.32.